The summed E-state index contributed by atoms with van der Waals surface area (Å²) in [4.78, 5) is 16.1. The molecule has 0 amide bonds. The monoisotopic (exact) mass is 475 g/mol. The second-order valence-electron chi connectivity index (χ2n) is 8.89. The number of fused-ring (bicyclic) bond motifs is 1. The van der Waals surface area contributed by atoms with E-state index in [4.69, 9.17) is 4.98 Å². The summed E-state index contributed by atoms with van der Waals surface area (Å²) in [5.41, 5.74) is 3.18. The zero-order valence-electron chi connectivity index (χ0n) is 19.6. The average Bonchev–Trinajstić information content (AvgIpc) is 3.26. The molecule has 1 aliphatic heterocycles. The number of rotatable bonds is 8. The maximum atomic E-state index is 9.85. The van der Waals surface area contributed by atoms with Gasteiger partial charge in [0, 0.05) is 68.2 Å². The number of benzene rings is 1. The first kappa shape index (κ1) is 22.6. The fourth-order valence-electron chi connectivity index (χ4n) is 4.46. The first-order chi connectivity index (χ1) is 16.6. The molecule has 8 nitrogen and oxygen atoms in total. The fourth-order valence-corrected chi connectivity index (χ4v) is 5.14. The van der Waals surface area contributed by atoms with E-state index in [-0.39, 0.29) is 12.5 Å². The van der Waals surface area contributed by atoms with E-state index in [1.807, 2.05) is 44.2 Å². The Morgan fingerprint density at radius 1 is 1.15 bits per heavy atom. The van der Waals surface area contributed by atoms with Crippen LogP contribution < -0.4 is 10.2 Å². The Hall–Kier alpha value is -3.17. The molecule has 1 aromatic carbocycles. The lowest BCUT2D eigenvalue weighted by Crippen LogP contribution is -2.48. The molecule has 4 aromatic rings. The number of aliphatic hydroxyl groups excluding tert-OH is 1. The summed E-state index contributed by atoms with van der Waals surface area (Å²) in [6.45, 7) is 4.29. The van der Waals surface area contributed by atoms with Gasteiger partial charge in [-0.3, -0.25) is 4.68 Å². The molecule has 1 fully saturated rings. The molecular formula is C25H29N7OS. The summed E-state index contributed by atoms with van der Waals surface area (Å²) in [5.74, 6) is 3.94. The number of nitrogens with one attached hydrogen (secondary N) is 1. The SMILES string of the molecule is CSCC1CN(c2ccc(C(C)CO)c3cc(Nc4ccnc(-c5cnn(C)c5)n4)ncc23)C1. The van der Waals surface area contributed by atoms with Crippen LogP contribution in [-0.4, -0.2) is 61.5 Å². The van der Waals surface area contributed by atoms with Gasteiger partial charge in [0.25, 0.3) is 0 Å². The van der Waals surface area contributed by atoms with Crippen molar-refractivity contribution >= 4 is 39.9 Å². The molecule has 0 saturated carbocycles. The zero-order valence-corrected chi connectivity index (χ0v) is 20.5. The molecule has 2 N–H and O–H groups in total. The maximum absolute atomic E-state index is 9.85. The van der Waals surface area contributed by atoms with Crippen LogP contribution in [0.2, 0.25) is 0 Å². The number of pyridine rings is 1. The number of aryl methyl sites for hydroxylation is 1. The van der Waals surface area contributed by atoms with E-state index in [1.165, 1.54) is 11.4 Å². The molecule has 1 atom stereocenters. The molecule has 176 valence electrons. The van der Waals surface area contributed by atoms with E-state index in [2.05, 4.69) is 49.7 Å². The van der Waals surface area contributed by atoms with Crippen LogP contribution in [0.1, 0.15) is 18.4 Å². The lowest BCUT2D eigenvalue weighted by molar-refractivity contribution is 0.273. The molecule has 3 aromatic heterocycles. The molecular weight excluding hydrogens is 446 g/mol. The molecule has 0 spiro atoms. The molecule has 4 heterocycles. The summed E-state index contributed by atoms with van der Waals surface area (Å²) in [6, 6.07) is 8.21. The van der Waals surface area contributed by atoms with Crippen molar-refractivity contribution < 1.29 is 5.11 Å². The van der Waals surface area contributed by atoms with Gasteiger partial charge < -0.3 is 15.3 Å². The number of anilines is 3. The van der Waals surface area contributed by atoms with Crippen molar-refractivity contribution in [1.29, 1.82) is 0 Å². The van der Waals surface area contributed by atoms with Crippen molar-refractivity contribution in [2.75, 3.05) is 41.9 Å². The highest BCUT2D eigenvalue weighted by atomic mass is 32.2. The van der Waals surface area contributed by atoms with E-state index >= 15 is 0 Å². The Morgan fingerprint density at radius 3 is 2.74 bits per heavy atom. The summed E-state index contributed by atoms with van der Waals surface area (Å²) in [7, 11) is 1.87. The normalized spacial score (nSPS) is 14.9. The van der Waals surface area contributed by atoms with Crippen LogP contribution in [0.3, 0.4) is 0 Å². The minimum absolute atomic E-state index is 0.0312. The van der Waals surface area contributed by atoms with Gasteiger partial charge in [-0.1, -0.05) is 13.0 Å². The Bertz CT molecular complexity index is 1300. The first-order valence-electron chi connectivity index (χ1n) is 11.4. The van der Waals surface area contributed by atoms with Gasteiger partial charge in [0.05, 0.1) is 11.8 Å². The minimum atomic E-state index is 0.0312. The highest BCUT2D eigenvalue weighted by Gasteiger charge is 2.28. The number of hydrogen-bond donors (Lipinski definition) is 2. The van der Waals surface area contributed by atoms with Crippen molar-refractivity contribution in [3.05, 3.63) is 54.6 Å². The van der Waals surface area contributed by atoms with Crippen LogP contribution in [-0.2, 0) is 7.05 Å². The van der Waals surface area contributed by atoms with Crippen LogP contribution in [0.15, 0.2) is 49.1 Å². The third-order valence-electron chi connectivity index (χ3n) is 6.29. The van der Waals surface area contributed by atoms with Crippen LogP contribution in [0.4, 0.5) is 17.3 Å². The third kappa shape index (κ3) is 4.45. The van der Waals surface area contributed by atoms with Crippen molar-refractivity contribution in [2.24, 2.45) is 13.0 Å². The van der Waals surface area contributed by atoms with Gasteiger partial charge in [0.2, 0.25) is 0 Å². The standard InChI is InChI=1S/C25H29N7OS/c1-16(14-33)19-4-5-22(32-11-17(12-32)15-34-3)21-10-27-24(8-20(19)21)29-23-6-7-26-25(30-23)18-9-28-31(2)13-18/h4-10,13,16-17,33H,11-12,14-15H2,1-3H3,(H,26,27,29,30). The minimum Gasteiger partial charge on any atom is -0.396 e. The van der Waals surface area contributed by atoms with E-state index in [9.17, 15) is 5.11 Å². The highest BCUT2D eigenvalue weighted by molar-refractivity contribution is 7.98. The van der Waals surface area contributed by atoms with Gasteiger partial charge in [0.15, 0.2) is 5.82 Å². The van der Waals surface area contributed by atoms with Crippen molar-refractivity contribution in [2.45, 2.75) is 12.8 Å². The Labute approximate surface area is 203 Å². The number of thioether (sulfide) groups is 1. The summed E-state index contributed by atoms with van der Waals surface area (Å²) >= 11 is 1.91. The second-order valence-corrected chi connectivity index (χ2v) is 9.80. The van der Waals surface area contributed by atoms with Gasteiger partial charge in [-0.25, -0.2) is 15.0 Å². The fraction of sp³-hybridized carbons (Fsp3) is 0.360. The van der Waals surface area contributed by atoms with Crippen LogP contribution in [0, 0.1) is 5.92 Å². The van der Waals surface area contributed by atoms with Gasteiger partial charge in [-0.15, -0.1) is 0 Å². The van der Waals surface area contributed by atoms with E-state index < -0.39 is 0 Å². The predicted octanol–water partition coefficient (Wildman–Crippen LogP) is 4.06. The number of aromatic nitrogens is 5. The zero-order chi connectivity index (χ0) is 23.7. The Morgan fingerprint density at radius 2 is 2.00 bits per heavy atom. The number of hydrogen-bond acceptors (Lipinski definition) is 8. The Balaban J connectivity index is 1.47. The smallest absolute Gasteiger partial charge is 0.164 e. The number of nitrogens with zero attached hydrogens (tertiary/aromatic N) is 6. The van der Waals surface area contributed by atoms with Gasteiger partial charge in [-0.2, -0.15) is 16.9 Å². The Kier molecular flexibility index (Phi) is 6.38. The second kappa shape index (κ2) is 9.60. The summed E-state index contributed by atoms with van der Waals surface area (Å²) in [5, 5.41) is 19.6. The molecule has 0 bridgehead atoms. The molecule has 1 saturated heterocycles. The van der Waals surface area contributed by atoms with Crippen LogP contribution in [0.5, 0.6) is 0 Å². The van der Waals surface area contributed by atoms with Crippen molar-refractivity contribution in [1.82, 2.24) is 24.7 Å². The molecule has 34 heavy (non-hydrogen) atoms. The van der Waals surface area contributed by atoms with Gasteiger partial charge >= 0.3 is 0 Å². The number of aliphatic hydroxyl groups is 1. The molecule has 1 aliphatic rings. The maximum Gasteiger partial charge on any atom is 0.164 e. The van der Waals surface area contributed by atoms with E-state index in [0.29, 0.717) is 17.5 Å². The highest BCUT2D eigenvalue weighted by Crippen LogP contribution is 2.37. The molecule has 9 heteroatoms. The predicted molar refractivity (Wildman–Crippen MR) is 139 cm³/mol. The molecule has 1 unspecified atom stereocenters. The van der Waals surface area contributed by atoms with Crippen LogP contribution in [0.25, 0.3) is 22.2 Å². The lowest BCUT2D eigenvalue weighted by Gasteiger charge is -2.41. The molecule has 0 radical (unpaired) electrons. The first-order valence-corrected chi connectivity index (χ1v) is 12.8. The molecule has 0 aliphatic carbocycles. The van der Waals surface area contributed by atoms with E-state index in [1.54, 1.807) is 17.1 Å². The largest absolute Gasteiger partial charge is 0.396 e. The summed E-state index contributed by atoms with van der Waals surface area (Å²) in [6.07, 6.45) is 9.46. The quantitative estimate of drug-likeness (QED) is 0.394. The summed E-state index contributed by atoms with van der Waals surface area (Å²) < 4.78 is 1.73. The van der Waals surface area contributed by atoms with Crippen molar-refractivity contribution in [3.63, 3.8) is 0 Å². The van der Waals surface area contributed by atoms with E-state index in [0.717, 1.165) is 40.9 Å². The van der Waals surface area contributed by atoms with Crippen molar-refractivity contribution in [3.8, 4) is 11.4 Å². The molecule has 5 rings (SSSR count). The van der Waals surface area contributed by atoms with Gasteiger partial charge in [0.1, 0.15) is 11.6 Å². The topological polar surface area (TPSA) is 92.0 Å². The third-order valence-corrected chi connectivity index (χ3v) is 7.10. The average molecular weight is 476 g/mol. The van der Waals surface area contributed by atoms with Crippen LogP contribution >= 0.6 is 11.8 Å². The van der Waals surface area contributed by atoms with Gasteiger partial charge in [-0.05, 0) is 41.2 Å². The lowest BCUT2D eigenvalue weighted by atomic mass is 9.93.